The van der Waals surface area contributed by atoms with Gasteiger partial charge in [-0.25, -0.2) is 0 Å². The van der Waals surface area contributed by atoms with Crippen LogP contribution in [0.4, 0.5) is 0 Å². The zero-order valence-electron chi connectivity index (χ0n) is 16.3. The lowest BCUT2D eigenvalue weighted by Crippen LogP contribution is -2.39. The van der Waals surface area contributed by atoms with Crippen LogP contribution in [0.1, 0.15) is 18.2 Å². The average molecular weight is 371 g/mol. The summed E-state index contributed by atoms with van der Waals surface area (Å²) < 4.78 is 7.38. The number of rotatable bonds is 9. The molecule has 0 radical (unpaired) electrons. The number of primary amides is 1. The third-order valence-corrected chi connectivity index (χ3v) is 4.11. The normalized spacial score (nSPS) is 11.3. The molecule has 3 N–H and O–H groups in total. The van der Waals surface area contributed by atoms with Crippen molar-refractivity contribution in [3.8, 4) is 5.75 Å². The predicted molar refractivity (Wildman–Crippen MR) is 108 cm³/mol. The number of aliphatic imine (C=N–C) groups is 1. The van der Waals surface area contributed by atoms with Gasteiger partial charge < -0.3 is 25.3 Å². The van der Waals surface area contributed by atoms with Crippen molar-refractivity contribution >= 4 is 11.9 Å². The van der Waals surface area contributed by atoms with E-state index in [0.717, 1.165) is 31.0 Å². The van der Waals surface area contributed by atoms with Gasteiger partial charge in [-0.1, -0.05) is 12.1 Å². The Kier molecular flexibility index (Phi) is 7.73. The van der Waals surface area contributed by atoms with E-state index in [1.807, 2.05) is 50.6 Å². The molecule has 27 heavy (non-hydrogen) atoms. The first-order valence-corrected chi connectivity index (χ1v) is 9.09. The number of amides is 1. The van der Waals surface area contributed by atoms with E-state index in [-0.39, 0.29) is 6.61 Å². The molecule has 2 aromatic rings. The van der Waals surface area contributed by atoms with Crippen molar-refractivity contribution in [2.45, 2.75) is 19.9 Å². The molecule has 2 rings (SSSR count). The molecular formula is C20H29N5O2. The van der Waals surface area contributed by atoms with Crippen LogP contribution in [0.25, 0.3) is 0 Å². The Balaban J connectivity index is 1.90. The monoisotopic (exact) mass is 371 g/mol. The number of hydrogen-bond acceptors (Lipinski definition) is 3. The summed E-state index contributed by atoms with van der Waals surface area (Å²) in [5.74, 6) is 1.04. The van der Waals surface area contributed by atoms with Gasteiger partial charge in [0, 0.05) is 39.1 Å². The number of aromatic nitrogens is 1. The molecule has 7 nitrogen and oxygen atoms in total. The molecule has 0 spiro atoms. The minimum absolute atomic E-state index is 0.108. The number of nitrogens with one attached hydrogen (secondary N) is 1. The number of carbonyl (C=O) groups is 1. The molecule has 0 saturated carbocycles. The summed E-state index contributed by atoms with van der Waals surface area (Å²) >= 11 is 0. The van der Waals surface area contributed by atoms with Crippen molar-refractivity contribution < 1.29 is 9.53 Å². The maximum absolute atomic E-state index is 10.7. The molecule has 0 fully saturated rings. The quantitative estimate of drug-likeness (QED) is 0.517. The maximum Gasteiger partial charge on any atom is 0.255 e. The fourth-order valence-electron chi connectivity index (χ4n) is 2.65. The Morgan fingerprint density at radius 1 is 1.30 bits per heavy atom. The lowest BCUT2D eigenvalue weighted by atomic mass is 10.1. The third kappa shape index (κ3) is 6.69. The summed E-state index contributed by atoms with van der Waals surface area (Å²) in [6.45, 7) is 4.25. The van der Waals surface area contributed by atoms with E-state index in [9.17, 15) is 4.79 Å². The minimum Gasteiger partial charge on any atom is -0.484 e. The van der Waals surface area contributed by atoms with Crippen LogP contribution in [-0.2, 0) is 24.8 Å². The van der Waals surface area contributed by atoms with Crippen molar-refractivity contribution in [3.05, 3.63) is 53.9 Å². The van der Waals surface area contributed by atoms with Gasteiger partial charge >= 0.3 is 0 Å². The standard InChI is InChI=1S/C20H29N5O2/c1-4-22-20(25(3)14-17-6-5-13-24(17)2)23-12-11-16-7-9-18(10-8-16)27-15-19(21)26/h5-10,13H,4,11-12,14-15H2,1-3H3,(H2,21,26)(H,22,23). The number of aryl methyl sites for hydroxylation is 1. The van der Waals surface area contributed by atoms with Crippen molar-refractivity contribution in [3.63, 3.8) is 0 Å². The van der Waals surface area contributed by atoms with E-state index >= 15 is 0 Å². The summed E-state index contributed by atoms with van der Waals surface area (Å²) in [4.78, 5) is 17.6. The van der Waals surface area contributed by atoms with Gasteiger partial charge in [0.15, 0.2) is 12.6 Å². The zero-order valence-corrected chi connectivity index (χ0v) is 16.3. The van der Waals surface area contributed by atoms with E-state index in [1.54, 1.807) is 0 Å². The molecule has 0 aliphatic heterocycles. The highest BCUT2D eigenvalue weighted by Crippen LogP contribution is 2.12. The molecule has 1 aromatic heterocycles. The number of carbonyl (C=O) groups excluding carboxylic acids is 1. The van der Waals surface area contributed by atoms with Crippen molar-refractivity contribution in [1.29, 1.82) is 0 Å². The zero-order chi connectivity index (χ0) is 19.6. The molecule has 7 heteroatoms. The van der Waals surface area contributed by atoms with Crippen LogP contribution < -0.4 is 15.8 Å². The first kappa shape index (κ1) is 20.4. The largest absolute Gasteiger partial charge is 0.484 e. The van der Waals surface area contributed by atoms with Crippen molar-refractivity contribution in [1.82, 2.24) is 14.8 Å². The Morgan fingerprint density at radius 3 is 2.63 bits per heavy atom. The van der Waals surface area contributed by atoms with Crippen LogP contribution in [0.5, 0.6) is 5.75 Å². The lowest BCUT2D eigenvalue weighted by Gasteiger charge is -2.22. The summed E-state index contributed by atoms with van der Waals surface area (Å²) in [7, 11) is 4.09. The molecule has 1 aromatic carbocycles. The molecule has 0 bridgehead atoms. The van der Waals surface area contributed by atoms with Crippen LogP contribution in [0.2, 0.25) is 0 Å². The second-order valence-electron chi connectivity index (χ2n) is 6.35. The minimum atomic E-state index is -0.483. The second kappa shape index (κ2) is 10.3. The number of ether oxygens (including phenoxy) is 1. The van der Waals surface area contributed by atoms with Crippen LogP contribution >= 0.6 is 0 Å². The number of hydrogen-bond donors (Lipinski definition) is 2. The predicted octanol–water partition coefficient (Wildman–Crippen LogP) is 1.53. The summed E-state index contributed by atoms with van der Waals surface area (Å²) in [5.41, 5.74) is 7.46. The Labute approximate surface area is 160 Å². The molecule has 1 heterocycles. The molecule has 146 valence electrons. The summed E-state index contributed by atoms with van der Waals surface area (Å²) in [6.07, 6.45) is 2.87. The number of guanidine groups is 1. The van der Waals surface area contributed by atoms with Gasteiger partial charge in [0.2, 0.25) is 0 Å². The van der Waals surface area contributed by atoms with Gasteiger partial charge in [-0.2, -0.15) is 0 Å². The van der Waals surface area contributed by atoms with Gasteiger partial charge in [0.05, 0.1) is 6.54 Å². The number of nitrogens with zero attached hydrogens (tertiary/aromatic N) is 3. The number of nitrogens with two attached hydrogens (primary N) is 1. The lowest BCUT2D eigenvalue weighted by molar-refractivity contribution is -0.119. The van der Waals surface area contributed by atoms with Gasteiger partial charge in [-0.15, -0.1) is 0 Å². The van der Waals surface area contributed by atoms with Gasteiger partial charge in [-0.3, -0.25) is 9.79 Å². The van der Waals surface area contributed by atoms with Gasteiger partial charge in [-0.05, 0) is 43.2 Å². The SMILES string of the molecule is CCNC(=NCCc1ccc(OCC(N)=O)cc1)N(C)Cc1cccn1C. The van der Waals surface area contributed by atoms with E-state index in [1.165, 1.54) is 5.69 Å². The highest BCUT2D eigenvalue weighted by Gasteiger charge is 2.08. The fraction of sp³-hybridized carbons (Fsp3) is 0.400. The van der Waals surface area contributed by atoms with Crippen molar-refractivity contribution in [2.75, 3.05) is 26.7 Å². The van der Waals surface area contributed by atoms with Gasteiger partial charge in [0.1, 0.15) is 5.75 Å². The van der Waals surface area contributed by atoms with E-state index in [0.29, 0.717) is 12.3 Å². The van der Waals surface area contributed by atoms with E-state index in [4.69, 9.17) is 15.5 Å². The third-order valence-electron chi connectivity index (χ3n) is 4.11. The van der Waals surface area contributed by atoms with Crippen LogP contribution in [0.15, 0.2) is 47.6 Å². The summed E-state index contributed by atoms with van der Waals surface area (Å²) in [5, 5.41) is 3.34. The molecule has 0 aliphatic rings. The van der Waals surface area contributed by atoms with E-state index < -0.39 is 5.91 Å². The first-order chi connectivity index (χ1) is 13.0. The molecule has 0 aliphatic carbocycles. The second-order valence-corrected chi connectivity index (χ2v) is 6.35. The van der Waals surface area contributed by atoms with Crippen LogP contribution in [0, 0.1) is 0 Å². The highest BCUT2D eigenvalue weighted by atomic mass is 16.5. The Hall–Kier alpha value is -2.96. The fourth-order valence-corrected chi connectivity index (χ4v) is 2.65. The molecule has 1 amide bonds. The molecular weight excluding hydrogens is 342 g/mol. The van der Waals surface area contributed by atoms with Crippen LogP contribution in [-0.4, -0.2) is 48.1 Å². The number of benzene rings is 1. The smallest absolute Gasteiger partial charge is 0.255 e. The van der Waals surface area contributed by atoms with E-state index in [2.05, 4.69) is 27.8 Å². The van der Waals surface area contributed by atoms with Crippen LogP contribution in [0.3, 0.4) is 0 Å². The highest BCUT2D eigenvalue weighted by molar-refractivity contribution is 5.79. The average Bonchev–Trinajstić information content (AvgIpc) is 3.05. The molecule has 0 saturated heterocycles. The first-order valence-electron chi connectivity index (χ1n) is 9.09. The maximum atomic E-state index is 10.7. The topological polar surface area (TPSA) is 84.9 Å². The molecule has 0 unspecified atom stereocenters. The van der Waals surface area contributed by atoms with Crippen molar-refractivity contribution in [2.24, 2.45) is 17.8 Å². The van der Waals surface area contributed by atoms with Gasteiger partial charge in [0.25, 0.3) is 5.91 Å². The Bertz CT molecular complexity index is 752. The summed E-state index contributed by atoms with van der Waals surface area (Å²) in [6, 6.07) is 11.8. The Morgan fingerprint density at radius 2 is 2.04 bits per heavy atom. The molecule has 0 atom stereocenters.